The number of likely N-dealkylation sites (N-methyl/N-ethyl adjacent to an activating group) is 1. The van der Waals surface area contributed by atoms with Gasteiger partial charge in [0.1, 0.15) is 0 Å². The second-order valence-electron chi connectivity index (χ2n) is 5.05. The molecule has 1 aromatic rings. The molecular formula is C15H22N2O3. The molecule has 1 aliphatic heterocycles. The number of carbonyl (C=O) groups excluding carboxylic acids is 1. The minimum absolute atomic E-state index is 0.00939. The zero-order valence-corrected chi connectivity index (χ0v) is 12.3. The van der Waals surface area contributed by atoms with E-state index in [1.165, 1.54) is 0 Å². The third-order valence-corrected chi connectivity index (χ3v) is 3.74. The number of benzene rings is 1. The van der Waals surface area contributed by atoms with Crippen LogP contribution < -0.4 is 14.8 Å². The van der Waals surface area contributed by atoms with Crippen LogP contribution in [0.5, 0.6) is 11.5 Å². The normalized spacial score (nSPS) is 18.9. The lowest BCUT2D eigenvalue weighted by atomic mass is 10.1. The Morgan fingerprint density at radius 2 is 2.10 bits per heavy atom. The predicted molar refractivity (Wildman–Crippen MR) is 77.0 cm³/mol. The van der Waals surface area contributed by atoms with Crippen LogP contribution in [0.3, 0.4) is 0 Å². The van der Waals surface area contributed by atoms with Gasteiger partial charge in [0.2, 0.25) is 5.91 Å². The molecule has 1 amide bonds. The highest BCUT2D eigenvalue weighted by atomic mass is 16.5. The number of nitrogens with one attached hydrogen (secondary N) is 1. The van der Waals surface area contributed by atoms with Crippen molar-refractivity contribution < 1.29 is 14.3 Å². The van der Waals surface area contributed by atoms with Crippen molar-refractivity contribution in [3.63, 3.8) is 0 Å². The minimum atomic E-state index is 0.00939. The molecule has 1 atom stereocenters. The number of likely N-dealkylation sites (tertiary alicyclic amines) is 1. The summed E-state index contributed by atoms with van der Waals surface area (Å²) in [4.78, 5) is 14.2. The Morgan fingerprint density at radius 3 is 2.70 bits per heavy atom. The number of hydrogen-bond donors (Lipinski definition) is 1. The molecule has 5 nitrogen and oxygen atoms in total. The van der Waals surface area contributed by atoms with Gasteiger partial charge in [-0.3, -0.25) is 9.69 Å². The number of nitrogens with zero attached hydrogens (tertiary/aromatic N) is 1. The summed E-state index contributed by atoms with van der Waals surface area (Å²) >= 11 is 0. The fourth-order valence-corrected chi connectivity index (χ4v) is 2.54. The lowest BCUT2D eigenvalue weighted by Gasteiger charge is -2.18. The zero-order valence-electron chi connectivity index (χ0n) is 12.3. The van der Waals surface area contributed by atoms with E-state index in [1.54, 1.807) is 14.2 Å². The Hall–Kier alpha value is -1.75. The number of rotatable bonds is 5. The molecule has 1 aromatic carbocycles. The Labute approximate surface area is 119 Å². The van der Waals surface area contributed by atoms with E-state index >= 15 is 0 Å². The van der Waals surface area contributed by atoms with Gasteiger partial charge < -0.3 is 14.8 Å². The van der Waals surface area contributed by atoms with E-state index in [1.807, 2.05) is 25.2 Å². The quantitative estimate of drug-likeness (QED) is 0.885. The highest BCUT2D eigenvalue weighted by Crippen LogP contribution is 2.27. The molecule has 0 spiro atoms. The van der Waals surface area contributed by atoms with Crippen LogP contribution in [-0.4, -0.2) is 44.7 Å². The van der Waals surface area contributed by atoms with Gasteiger partial charge >= 0.3 is 0 Å². The molecule has 1 aliphatic rings. The van der Waals surface area contributed by atoms with Crippen molar-refractivity contribution in [1.29, 1.82) is 0 Å². The number of ether oxygens (including phenoxy) is 2. The summed E-state index contributed by atoms with van der Waals surface area (Å²) in [6.07, 6.45) is 2.03. The van der Waals surface area contributed by atoms with Crippen LogP contribution in [0.15, 0.2) is 18.2 Å². The summed E-state index contributed by atoms with van der Waals surface area (Å²) in [5, 5.41) is 2.98. The summed E-state index contributed by atoms with van der Waals surface area (Å²) in [5.74, 6) is 1.47. The average Bonchev–Trinajstić information content (AvgIpc) is 2.90. The number of amides is 1. The van der Waals surface area contributed by atoms with Gasteiger partial charge in [-0.2, -0.15) is 0 Å². The average molecular weight is 278 g/mol. The maximum atomic E-state index is 12.1. The summed E-state index contributed by atoms with van der Waals surface area (Å²) in [5.41, 5.74) is 0.997. The molecule has 0 unspecified atom stereocenters. The summed E-state index contributed by atoms with van der Waals surface area (Å²) < 4.78 is 10.4. The van der Waals surface area contributed by atoms with Gasteiger partial charge in [0.15, 0.2) is 11.5 Å². The van der Waals surface area contributed by atoms with Crippen molar-refractivity contribution in [3.8, 4) is 11.5 Å². The highest BCUT2D eigenvalue weighted by Gasteiger charge is 2.27. The van der Waals surface area contributed by atoms with Crippen molar-refractivity contribution in [1.82, 2.24) is 10.2 Å². The molecule has 20 heavy (non-hydrogen) atoms. The molecule has 0 aromatic heterocycles. The second kappa shape index (κ2) is 6.61. The topological polar surface area (TPSA) is 50.8 Å². The first-order valence-corrected chi connectivity index (χ1v) is 6.84. The molecule has 110 valence electrons. The third kappa shape index (κ3) is 3.22. The van der Waals surface area contributed by atoms with Crippen molar-refractivity contribution in [2.75, 3.05) is 27.8 Å². The summed E-state index contributed by atoms with van der Waals surface area (Å²) in [7, 11) is 5.20. The van der Waals surface area contributed by atoms with E-state index in [-0.39, 0.29) is 11.9 Å². The van der Waals surface area contributed by atoms with E-state index in [0.717, 1.165) is 24.9 Å². The standard InChI is InChI=1S/C15H22N2O3/c1-17-8-4-5-12(17)15(18)16-10-11-6-7-13(19-2)14(9-11)20-3/h6-7,9,12H,4-5,8,10H2,1-3H3,(H,16,18)/t12-/m0/s1. The predicted octanol–water partition coefficient (Wildman–Crippen LogP) is 1.41. The van der Waals surface area contributed by atoms with Crippen molar-refractivity contribution in [2.24, 2.45) is 0 Å². The van der Waals surface area contributed by atoms with Gasteiger partial charge in [-0.25, -0.2) is 0 Å². The molecule has 2 rings (SSSR count). The fourth-order valence-electron chi connectivity index (χ4n) is 2.54. The van der Waals surface area contributed by atoms with E-state index in [4.69, 9.17) is 9.47 Å². The third-order valence-electron chi connectivity index (χ3n) is 3.74. The number of methoxy groups -OCH3 is 2. The van der Waals surface area contributed by atoms with Crippen LogP contribution in [0.25, 0.3) is 0 Å². The van der Waals surface area contributed by atoms with Crippen LogP contribution in [-0.2, 0) is 11.3 Å². The Bertz CT molecular complexity index is 476. The Morgan fingerprint density at radius 1 is 1.35 bits per heavy atom. The van der Waals surface area contributed by atoms with E-state index < -0.39 is 0 Å². The lowest BCUT2D eigenvalue weighted by molar-refractivity contribution is -0.125. The molecule has 0 aliphatic carbocycles. The van der Waals surface area contributed by atoms with Crippen LogP contribution in [0.1, 0.15) is 18.4 Å². The van der Waals surface area contributed by atoms with E-state index in [9.17, 15) is 4.79 Å². The molecule has 1 heterocycles. The Kier molecular flexibility index (Phi) is 4.84. The van der Waals surface area contributed by atoms with Gasteiger partial charge in [-0.1, -0.05) is 6.07 Å². The largest absolute Gasteiger partial charge is 0.493 e. The second-order valence-corrected chi connectivity index (χ2v) is 5.05. The first-order chi connectivity index (χ1) is 9.65. The summed E-state index contributed by atoms with van der Waals surface area (Å²) in [6.45, 7) is 1.50. The van der Waals surface area contributed by atoms with Gasteiger partial charge in [0.05, 0.1) is 20.3 Å². The molecule has 1 saturated heterocycles. The van der Waals surface area contributed by atoms with Crippen LogP contribution >= 0.6 is 0 Å². The first-order valence-electron chi connectivity index (χ1n) is 6.84. The van der Waals surface area contributed by atoms with Gasteiger partial charge in [-0.05, 0) is 44.1 Å². The molecule has 0 saturated carbocycles. The van der Waals surface area contributed by atoms with Gasteiger partial charge in [0, 0.05) is 6.54 Å². The number of hydrogen-bond acceptors (Lipinski definition) is 4. The van der Waals surface area contributed by atoms with E-state index in [0.29, 0.717) is 18.0 Å². The minimum Gasteiger partial charge on any atom is -0.493 e. The molecule has 0 radical (unpaired) electrons. The van der Waals surface area contributed by atoms with Crippen molar-refractivity contribution in [2.45, 2.75) is 25.4 Å². The SMILES string of the molecule is COc1ccc(CNC(=O)[C@@H]2CCCN2C)cc1OC. The highest BCUT2D eigenvalue weighted by molar-refractivity contribution is 5.82. The van der Waals surface area contributed by atoms with Gasteiger partial charge in [0.25, 0.3) is 0 Å². The monoisotopic (exact) mass is 278 g/mol. The zero-order chi connectivity index (χ0) is 14.5. The smallest absolute Gasteiger partial charge is 0.237 e. The molecule has 1 N–H and O–H groups in total. The lowest BCUT2D eigenvalue weighted by Crippen LogP contribution is -2.41. The van der Waals surface area contributed by atoms with Crippen molar-refractivity contribution in [3.05, 3.63) is 23.8 Å². The van der Waals surface area contributed by atoms with E-state index in [2.05, 4.69) is 10.2 Å². The Balaban J connectivity index is 1.95. The fraction of sp³-hybridized carbons (Fsp3) is 0.533. The van der Waals surface area contributed by atoms with Crippen LogP contribution in [0.4, 0.5) is 0 Å². The molecule has 0 bridgehead atoms. The number of carbonyl (C=O) groups is 1. The molecular weight excluding hydrogens is 256 g/mol. The van der Waals surface area contributed by atoms with Crippen molar-refractivity contribution >= 4 is 5.91 Å². The van der Waals surface area contributed by atoms with Crippen LogP contribution in [0.2, 0.25) is 0 Å². The summed E-state index contributed by atoms with van der Waals surface area (Å²) in [6, 6.07) is 5.68. The molecule has 5 heteroatoms. The van der Waals surface area contributed by atoms with Crippen LogP contribution in [0, 0.1) is 0 Å². The maximum Gasteiger partial charge on any atom is 0.237 e. The molecule has 1 fully saturated rings. The van der Waals surface area contributed by atoms with Gasteiger partial charge in [-0.15, -0.1) is 0 Å². The first kappa shape index (κ1) is 14.7. The maximum absolute atomic E-state index is 12.1.